The molecule has 0 saturated heterocycles. The first-order valence-electron chi connectivity index (χ1n) is 7.29. The number of rotatable bonds is 10. The lowest BCUT2D eigenvalue weighted by Crippen LogP contribution is -2.45. The summed E-state index contributed by atoms with van der Waals surface area (Å²) in [6, 6.07) is 0.212. The Labute approximate surface area is 116 Å². The van der Waals surface area contributed by atoms with E-state index in [0.29, 0.717) is 19.4 Å². The van der Waals surface area contributed by atoms with Gasteiger partial charge >= 0.3 is 12.0 Å². The quantitative estimate of drug-likeness (QED) is 0.601. The third kappa shape index (κ3) is 8.46. The molecule has 19 heavy (non-hydrogen) atoms. The summed E-state index contributed by atoms with van der Waals surface area (Å²) in [5.41, 5.74) is 0. The summed E-state index contributed by atoms with van der Waals surface area (Å²) in [5, 5.41) is 11.4. The van der Waals surface area contributed by atoms with Crippen LogP contribution >= 0.6 is 0 Å². The number of carboxylic acid groups (broad SMARTS) is 1. The van der Waals surface area contributed by atoms with Gasteiger partial charge in [0.15, 0.2) is 0 Å². The van der Waals surface area contributed by atoms with Crippen LogP contribution in [0.25, 0.3) is 0 Å². The Hall–Kier alpha value is -1.26. The third-order valence-corrected chi connectivity index (χ3v) is 3.23. The van der Waals surface area contributed by atoms with Gasteiger partial charge in [0.05, 0.1) is 0 Å². The predicted molar refractivity (Wildman–Crippen MR) is 76.3 cm³/mol. The Bertz CT molecular complexity index is 269. The van der Waals surface area contributed by atoms with E-state index < -0.39 is 5.97 Å². The molecule has 1 atom stereocenters. The maximum Gasteiger partial charge on any atom is 0.317 e. The molecule has 5 nitrogen and oxygen atoms in total. The number of nitrogens with one attached hydrogen (secondary N) is 1. The number of aliphatic carboxylic acids is 1. The first-order valence-corrected chi connectivity index (χ1v) is 7.29. The fourth-order valence-electron chi connectivity index (χ4n) is 1.77. The minimum atomic E-state index is -0.782. The van der Waals surface area contributed by atoms with Crippen molar-refractivity contribution in [2.75, 3.05) is 13.1 Å². The van der Waals surface area contributed by atoms with Crippen LogP contribution in [-0.2, 0) is 4.79 Å². The number of hydrogen-bond acceptors (Lipinski definition) is 2. The summed E-state index contributed by atoms with van der Waals surface area (Å²) < 4.78 is 0. The van der Waals surface area contributed by atoms with Crippen LogP contribution in [0.4, 0.5) is 4.79 Å². The molecule has 2 N–H and O–H groups in total. The van der Waals surface area contributed by atoms with Gasteiger partial charge in [-0.15, -0.1) is 0 Å². The number of nitrogens with zero attached hydrogens (tertiary/aromatic N) is 1. The van der Waals surface area contributed by atoms with Crippen molar-refractivity contribution < 1.29 is 14.7 Å². The van der Waals surface area contributed by atoms with Crippen LogP contribution in [0.3, 0.4) is 0 Å². The van der Waals surface area contributed by atoms with Crippen molar-refractivity contribution in [3.05, 3.63) is 0 Å². The number of carboxylic acids is 1. The molecule has 0 aromatic rings. The van der Waals surface area contributed by atoms with Crippen molar-refractivity contribution in [3.63, 3.8) is 0 Å². The third-order valence-electron chi connectivity index (χ3n) is 3.23. The van der Waals surface area contributed by atoms with E-state index in [2.05, 4.69) is 26.1 Å². The van der Waals surface area contributed by atoms with Gasteiger partial charge in [0.25, 0.3) is 0 Å². The number of carbonyl (C=O) groups excluding carboxylic acids is 1. The predicted octanol–water partition coefficient (Wildman–Crippen LogP) is 2.85. The van der Waals surface area contributed by atoms with Crippen LogP contribution in [-0.4, -0.2) is 41.1 Å². The van der Waals surface area contributed by atoms with E-state index in [-0.39, 0.29) is 18.5 Å². The van der Waals surface area contributed by atoms with Gasteiger partial charge in [-0.25, -0.2) is 4.79 Å². The molecule has 1 unspecified atom stereocenters. The van der Waals surface area contributed by atoms with E-state index in [0.717, 1.165) is 25.8 Å². The lowest BCUT2D eigenvalue weighted by atomic mass is 10.2. The lowest BCUT2D eigenvalue weighted by Gasteiger charge is -2.28. The summed E-state index contributed by atoms with van der Waals surface area (Å²) in [7, 11) is 0. The Morgan fingerprint density at radius 1 is 1.21 bits per heavy atom. The maximum atomic E-state index is 12.0. The monoisotopic (exact) mass is 272 g/mol. The first kappa shape index (κ1) is 17.7. The summed E-state index contributed by atoms with van der Waals surface area (Å²) in [6.45, 7) is 7.57. The molecule has 2 amide bonds. The van der Waals surface area contributed by atoms with Crippen molar-refractivity contribution in [2.45, 2.75) is 65.3 Å². The highest BCUT2D eigenvalue weighted by Crippen LogP contribution is 2.06. The van der Waals surface area contributed by atoms with Crippen molar-refractivity contribution in [3.8, 4) is 0 Å². The van der Waals surface area contributed by atoms with E-state index in [1.165, 1.54) is 0 Å². The molecule has 112 valence electrons. The SMILES string of the molecule is CCCCN(C(=O)NCCCCC(=O)O)C(C)CC. The molecule has 0 bridgehead atoms. The average molecular weight is 272 g/mol. The molecule has 5 heteroatoms. The van der Waals surface area contributed by atoms with Crippen LogP contribution in [0, 0.1) is 0 Å². The maximum absolute atomic E-state index is 12.0. The molecule has 0 spiro atoms. The van der Waals surface area contributed by atoms with Gasteiger partial charge in [0.2, 0.25) is 0 Å². The molecule has 0 aromatic carbocycles. The van der Waals surface area contributed by atoms with Crippen molar-refractivity contribution in [1.29, 1.82) is 0 Å². The minimum Gasteiger partial charge on any atom is -0.481 e. The number of unbranched alkanes of at least 4 members (excludes halogenated alkanes) is 2. The number of urea groups is 1. The molecule has 0 fully saturated rings. The summed E-state index contributed by atoms with van der Waals surface area (Å²) in [5.74, 6) is -0.782. The van der Waals surface area contributed by atoms with E-state index >= 15 is 0 Å². The van der Waals surface area contributed by atoms with Gasteiger partial charge in [-0.1, -0.05) is 20.3 Å². The summed E-state index contributed by atoms with van der Waals surface area (Å²) in [4.78, 5) is 24.3. The van der Waals surface area contributed by atoms with Crippen molar-refractivity contribution in [2.24, 2.45) is 0 Å². The molecule has 0 aliphatic carbocycles. The zero-order valence-corrected chi connectivity index (χ0v) is 12.4. The van der Waals surface area contributed by atoms with Gasteiger partial charge in [0, 0.05) is 25.6 Å². The Kier molecular flexibility index (Phi) is 9.94. The highest BCUT2D eigenvalue weighted by Gasteiger charge is 2.17. The smallest absolute Gasteiger partial charge is 0.317 e. The second-order valence-corrected chi connectivity index (χ2v) is 4.89. The van der Waals surface area contributed by atoms with E-state index in [1.807, 2.05) is 4.90 Å². The van der Waals surface area contributed by atoms with E-state index in [4.69, 9.17) is 5.11 Å². The summed E-state index contributed by atoms with van der Waals surface area (Å²) in [6.07, 6.45) is 4.50. The zero-order valence-electron chi connectivity index (χ0n) is 12.4. The Balaban J connectivity index is 3.99. The molecule has 0 radical (unpaired) electrons. The van der Waals surface area contributed by atoms with Crippen LogP contribution in [0.2, 0.25) is 0 Å². The highest BCUT2D eigenvalue weighted by molar-refractivity contribution is 5.74. The molecule has 0 rings (SSSR count). The zero-order chi connectivity index (χ0) is 14.7. The second kappa shape index (κ2) is 10.6. The van der Waals surface area contributed by atoms with Crippen LogP contribution in [0.5, 0.6) is 0 Å². The molecule has 0 aromatic heterocycles. The minimum absolute atomic E-state index is 0.0295. The largest absolute Gasteiger partial charge is 0.481 e. The number of carbonyl (C=O) groups is 2. The average Bonchev–Trinajstić information content (AvgIpc) is 2.38. The van der Waals surface area contributed by atoms with Crippen molar-refractivity contribution in [1.82, 2.24) is 10.2 Å². The molecular weight excluding hydrogens is 244 g/mol. The second-order valence-electron chi connectivity index (χ2n) is 4.89. The number of hydrogen-bond donors (Lipinski definition) is 2. The molecule has 0 aliphatic rings. The fraction of sp³-hybridized carbons (Fsp3) is 0.857. The molecule has 0 aliphatic heterocycles. The van der Waals surface area contributed by atoms with Gasteiger partial charge in [0.1, 0.15) is 0 Å². The molecule has 0 heterocycles. The van der Waals surface area contributed by atoms with Gasteiger partial charge < -0.3 is 15.3 Å². The first-order chi connectivity index (χ1) is 9.02. The lowest BCUT2D eigenvalue weighted by molar-refractivity contribution is -0.137. The number of amides is 2. The summed E-state index contributed by atoms with van der Waals surface area (Å²) >= 11 is 0. The van der Waals surface area contributed by atoms with Gasteiger partial charge in [-0.3, -0.25) is 4.79 Å². The molecule has 0 saturated carbocycles. The highest BCUT2D eigenvalue weighted by atomic mass is 16.4. The standard InChI is InChI=1S/C14H28N2O3/c1-4-6-11-16(12(3)5-2)14(19)15-10-8-7-9-13(17)18/h12H,4-11H2,1-3H3,(H,15,19)(H,17,18). The molecular formula is C14H28N2O3. The van der Waals surface area contributed by atoms with Crippen molar-refractivity contribution >= 4 is 12.0 Å². The normalized spacial score (nSPS) is 11.9. The van der Waals surface area contributed by atoms with Crippen LogP contribution < -0.4 is 5.32 Å². The van der Waals surface area contributed by atoms with E-state index in [1.54, 1.807) is 0 Å². The van der Waals surface area contributed by atoms with E-state index in [9.17, 15) is 9.59 Å². The Morgan fingerprint density at radius 2 is 1.89 bits per heavy atom. The van der Waals surface area contributed by atoms with Gasteiger partial charge in [-0.05, 0) is 32.6 Å². The van der Waals surface area contributed by atoms with Crippen LogP contribution in [0.1, 0.15) is 59.3 Å². The fourth-order valence-corrected chi connectivity index (χ4v) is 1.77. The van der Waals surface area contributed by atoms with Crippen LogP contribution in [0.15, 0.2) is 0 Å². The Morgan fingerprint density at radius 3 is 2.42 bits per heavy atom. The van der Waals surface area contributed by atoms with Gasteiger partial charge in [-0.2, -0.15) is 0 Å². The topological polar surface area (TPSA) is 69.6 Å².